The Kier molecular flexibility index (Phi) is 5.17. The smallest absolute Gasteiger partial charge is 0.340 e. The fourth-order valence-electron chi connectivity index (χ4n) is 1.99. The average molecular weight is 396 g/mol. The lowest BCUT2D eigenvalue weighted by Crippen LogP contribution is -2.20. The predicted molar refractivity (Wildman–Crippen MR) is 97.5 cm³/mol. The second-order valence-electron chi connectivity index (χ2n) is 5.11. The molecule has 128 valence electrons. The van der Waals surface area contributed by atoms with Crippen LogP contribution in [0.1, 0.15) is 15.9 Å². The minimum absolute atomic E-state index is 0.0852. The van der Waals surface area contributed by atoms with Crippen LogP contribution in [0.3, 0.4) is 0 Å². The van der Waals surface area contributed by atoms with Crippen LogP contribution in [0.15, 0.2) is 30.5 Å². The van der Waals surface area contributed by atoms with Gasteiger partial charge in [0.2, 0.25) is 0 Å². The van der Waals surface area contributed by atoms with Crippen LogP contribution in [-0.4, -0.2) is 28.5 Å². The Hall–Kier alpha value is -2.22. The van der Waals surface area contributed by atoms with E-state index in [-0.39, 0.29) is 15.7 Å². The lowest BCUT2D eigenvalue weighted by atomic mass is 10.2. The number of thiazole rings is 1. The summed E-state index contributed by atoms with van der Waals surface area (Å²) >= 11 is 12.8. The number of hydrogen-bond donors (Lipinski definition) is 1. The van der Waals surface area contributed by atoms with Gasteiger partial charge in [0.1, 0.15) is 5.15 Å². The van der Waals surface area contributed by atoms with Gasteiger partial charge in [-0.1, -0.05) is 40.6 Å². The van der Waals surface area contributed by atoms with Crippen LogP contribution in [0.4, 0.5) is 5.13 Å². The fraction of sp³-hybridized carbons (Fsp3) is 0.125. The number of carbonyl (C=O) groups is 2. The van der Waals surface area contributed by atoms with Crippen LogP contribution >= 0.6 is 34.5 Å². The summed E-state index contributed by atoms with van der Waals surface area (Å²) in [5.74, 6) is -1.21. The van der Waals surface area contributed by atoms with E-state index in [0.717, 1.165) is 15.8 Å². The highest BCUT2D eigenvalue weighted by Gasteiger charge is 2.14. The third-order valence-corrected chi connectivity index (χ3v) is 4.78. The molecular weight excluding hydrogens is 385 g/mol. The molecule has 6 nitrogen and oxygen atoms in total. The van der Waals surface area contributed by atoms with Crippen molar-refractivity contribution in [2.45, 2.75) is 6.92 Å². The molecule has 0 radical (unpaired) electrons. The molecule has 0 atom stereocenters. The van der Waals surface area contributed by atoms with Gasteiger partial charge in [0, 0.05) is 6.20 Å². The summed E-state index contributed by atoms with van der Waals surface area (Å²) in [6, 6.07) is 7.14. The molecule has 2 aromatic heterocycles. The average Bonchev–Trinajstić information content (AvgIpc) is 2.96. The molecule has 0 aliphatic rings. The monoisotopic (exact) mass is 395 g/mol. The first-order valence-electron chi connectivity index (χ1n) is 7.07. The van der Waals surface area contributed by atoms with E-state index >= 15 is 0 Å². The third kappa shape index (κ3) is 4.25. The Labute approximate surface area is 156 Å². The number of aryl methyl sites for hydroxylation is 1. The quantitative estimate of drug-likeness (QED) is 0.531. The fourth-order valence-corrected chi connectivity index (χ4v) is 3.24. The number of amides is 1. The first-order valence-corrected chi connectivity index (χ1v) is 8.65. The van der Waals surface area contributed by atoms with Crippen molar-refractivity contribution in [2.24, 2.45) is 0 Å². The van der Waals surface area contributed by atoms with Crippen molar-refractivity contribution in [1.29, 1.82) is 0 Å². The molecule has 25 heavy (non-hydrogen) atoms. The normalized spacial score (nSPS) is 10.7. The van der Waals surface area contributed by atoms with Crippen molar-refractivity contribution in [3.63, 3.8) is 0 Å². The number of nitrogens with one attached hydrogen (secondary N) is 1. The third-order valence-electron chi connectivity index (χ3n) is 3.16. The molecule has 1 aromatic carbocycles. The van der Waals surface area contributed by atoms with E-state index in [1.54, 1.807) is 0 Å². The molecule has 0 spiro atoms. The Bertz CT molecular complexity index is 974. The van der Waals surface area contributed by atoms with E-state index in [0.29, 0.717) is 5.13 Å². The van der Waals surface area contributed by atoms with Crippen molar-refractivity contribution in [3.05, 3.63) is 51.8 Å². The number of esters is 1. The summed E-state index contributed by atoms with van der Waals surface area (Å²) in [6.07, 6.45) is 1.23. The van der Waals surface area contributed by atoms with Gasteiger partial charge in [-0.25, -0.2) is 14.8 Å². The number of nitrogens with zero attached hydrogens (tertiary/aromatic N) is 2. The number of hydrogen-bond acceptors (Lipinski definition) is 6. The van der Waals surface area contributed by atoms with Crippen LogP contribution in [-0.2, 0) is 9.53 Å². The predicted octanol–water partition coefficient (Wildman–Crippen LogP) is 4.10. The van der Waals surface area contributed by atoms with Crippen molar-refractivity contribution >= 4 is 61.8 Å². The van der Waals surface area contributed by atoms with Gasteiger partial charge in [-0.3, -0.25) is 10.1 Å². The van der Waals surface area contributed by atoms with E-state index in [1.165, 1.54) is 23.6 Å². The molecule has 0 aliphatic carbocycles. The Morgan fingerprint density at radius 2 is 2.08 bits per heavy atom. The van der Waals surface area contributed by atoms with Crippen LogP contribution in [0.25, 0.3) is 10.2 Å². The van der Waals surface area contributed by atoms with Crippen LogP contribution < -0.4 is 5.32 Å². The first-order chi connectivity index (χ1) is 11.9. The zero-order valence-electron chi connectivity index (χ0n) is 12.9. The van der Waals surface area contributed by atoms with Gasteiger partial charge < -0.3 is 4.74 Å². The van der Waals surface area contributed by atoms with Crippen molar-refractivity contribution in [2.75, 3.05) is 11.9 Å². The number of carbonyl (C=O) groups excluding carboxylic acids is 2. The Balaban J connectivity index is 1.59. The van der Waals surface area contributed by atoms with E-state index in [9.17, 15) is 9.59 Å². The maximum atomic E-state index is 11.9. The standard InChI is InChI=1S/C16H11Cl2N3O3S/c1-8-2-3-11-12(4-8)25-16(20-11)21-13(22)7-24-15(23)9-5-10(17)14(18)19-6-9/h2-6H,7H2,1H3,(H,20,21,22). The largest absolute Gasteiger partial charge is 0.452 e. The maximum absolute atomic E-state index is 11.9. The highest BCUT2D eigenvalue weighted by atomic mass is 35.5. The number of anilines is 1. The van der Waals surface area contributed by atoms with Gasteiger partial charge in [-0.2, -0.15) is 0 Å². The van der Waals surface area contributed by atoms with E-state index in [1.807, 2.05) is 25.1 Å². The molecule has 0 fully saturated rings. The number of aromatic nitrogens is 2. The van der Waals surface area contributed by atoms with Gasteiger partial charge in [-0.15, -0.1) is 0 Å². The minimum Gasteiger partial charge on any atom is -0.452 e. The minimum atomic E-state index is -0.721. The molecule has 0 bridgehead atoms. The summed E-state index contributed by atoms with van der Waals surface area (Å²) in [7, 11) is 0. The molecule has 9 heteroatoms. The number of rotatable bonds is 4. The van der Waals surface area contributed by atoms with Crippen molar-refractivity contribution in [1.82, 2.24) is 9.97 Å². The lowest BCUT2D eigenvalue weighted by molar-refractivity contribution is -0.119. The van der Waals surface area contributed by atoms with E-state index in [4.69, 9.17) is 27.9 Å². The van der Waals surface area contributed by atoms with Crippen molar-refractivity contribution in [3.8, 4) is 0 Å². The van der Waals surface area contributed by atoms with Crippen molar-refractivity contribution < 1.29 is 14.3 Å². The maximum Gasteiger partial charge on any atom is 0.340 e. The number of fused-ring (bicyclic) bond motifs is 1. The second kappa shape index (κ2) is 7.35. The van der Waals surface area contributed by atoms with Crippen LogP contribution in [0, 0.1) is 6.92 Å². The molecule has 2 heterocycles. The molecule has 0 saturated heterocycles. The van der Waals surface area contributed by atoms with Gasteiger partial charge in [0.05, 0.1) is 20.8 Å². The molecule has 3 aromatic rings. The topological polar surface area (TPSA) is 81.2 Å². The SMILES string of the molecule is Cc1ccc2nc(NC(=O)COC(=O)c3cnc(Cl)c(Cl)c3)sc2c1. The van der Waals surface area contributed by atoms with Gasteiger partial charge >= 0.3 is 5.97 Å². The highest BCUT2D eigenvalue weighted by Crippen LogP contribution is 2.26. The summed E-state index contributed by atoms with van der Waals surface area (Å²) in [5, 5.41) is 3.26. The Morgan fingerprint density at radius 1 is 1.28 bits per heavy atom. The molecule has 3 rings (SSSR count). The van der Waals surface area contributed by atoms with E-state index in [2.05, 4.69) is 15.3 Å². The Morgan fingerprint density at radius 3 is 2.84 bits per heavy atom. The zero-order valence-corrected chi connectivity index (χ0v) is 15.2. The number of halogens is 2. The first kappa shape index (κ1) is 17.6. The summed E-state index contributed by atoms with van der Waals surface area (Å²) in [6.45, 7) is 1.53. The summed E-state index contributed by atoms with van der Waals surface area (Å²) in [5.41, 5.74) is 2.01. The molecular formula is C16H11Cl2N3O3S. The molecule has 0 aliphatic heterocycles. The molecule has 1 N–H and O–H groups in total. The van der Waals surface area contributed by atoms with Crippen LogP contribution in [0.2, 0.25) is 10.2 Å². The van der Waals surface area contributed by atoms with Gasteiger partial charge in [-0.05, 0) is 30.7 Å². The van der Waals surface area contributed by atoms with Crippen LogP contribution in [0.5, 0.6) is 0 Å². The number of pyridine rings is 1. The molecule has 0 saturated carbocycles. The zero-order chi connectivity index (χ0) is 18.0. The highest BCUT2D eigenvalue weighted by molar-refractivity contribution is 7.22. The molecule has 1 amide bonds. The van der Waals surface area contributed by atoms with Gasteiger partial charge in [0.25, 0.3) is 5.91 Å². The van der Waals surface area contributed by atoms with Gasteiger partial charge in [0.15, 0.2) is 11.7 Å². The number of benzene rings is 1. The number of ether oxygens (including phenoxy) is 1. The second-order valence-corrected chi connectivity index (χ2v) is 6.91. The van der Waals surface area contributed by atoms with E-state index < -0.39 is 18.5 Å². The summed E-state index contributed by atoms with van der Waals surface area (Å²) < 4.78 is 5.90. The summed E-state index contributed by atoms with van der Waals surface area (Å²) in [4.78, 5) is 31.9. The molecule has 0 unspecified atom stereocenters. The lowest BCUT2D eigenvalue weighted by Gasteiger charge is -2.05.